The zero-order valence-corrected chi connectivity index (χ0v) is 15.2. The second-order valence-electron chi connectivity index (χ2n) is 5.05. The van der Waals surface area contributed by atoms with Crippen LogP contribution in [0, 0.1) is 11.3 Å². The van der Waals surface area contributed by atoms with Gasteiger partial charge in [-0.1, -0.05) is 57.3 Å². The minimum Gasteiger partial charge on any atom is -0.321 e. The minimum absolute atomic E-state index is 0.0705. The van der Waals surface area contributed by atoms with Gasteiger partial charge in [-0.2, -0.15) is 5.26 Å². The highest BCUT2D eigenvalue weighted by Gasteiger charge is 2.13. The topological polar surface area (TPSA) is 56.6 Å². The van der Waals surface area contributed by atoms with Crippen LogP contribution in [0.25, 0.3) is 22.4 Å². The first-order valence-corrected chi connectivity index (χ1v) is 8.43. The molecule has 3 nitrogen and oxygen atoms in total. The molecule has 1 N–H and O–H groups in total. The van der Waals surface area contributed by atoms with Crippen LogP contribution >= 0.6 is 39.1 Å². The number of rotatable bonds is 2. The monoisotopic (exact) mass is 418 g/mol. The van der Waals surface area contributed by atoms with Crippen LogP contribution in [0.3, 0.4) is 0 Å². The Morgan fingerprint density at radius 3 is 2.25 bits per heavy atom. The van der Waals surface area contributed by atoms with Gasteiger partial charge in [0.1, 0.15) is 11.6 Å². The van der Waals surface area contributed by atoms with Gasteiger partial charge in [-0.05, 0) is 41.5 Å². The molecule has 2 aromatic carbocycles. The van der Waals surface area contributed by atoms with E-state index in [-0.39, 0.29) is 5.56 Å². The van der Waals surface area contributed by atoms with Gasteiger partial charge >= 0.3 is 0 Å². The predicted molar refractivity (Wildman–Crippen MR) is 100 cm³/mol. The third-order valence-electron chi connectivity index (χ3n) is 3.53. The lowest BCUT2D eigenvalue weighted by Crippen LogP contribution is -2.12. The number of nitriles is 1. The Labute approximate surface area is 156 Å². The van der Waals surface area contributed by atoms with E-state index < -0.39 is 5.56 Å². The zero-order chi connectivity index (χ0) is 17.3. The molecule has 118 valence electrons. The molecule has 24 heavy (non-hydrogen) atoms. The third-order valence-corrected chi connectivity index (χ3v) is 4.80. The van der Waals surface area contributed by atoms with Crippen molar-refractivity contribution in [3.63, 3.8) is 0 Å². The number of pyridine rings is 1. The molecule has 0 radical (unpaired) electrons. The lowest BCUT2D eigenvalue weighted by atomic mass is 9.99. The smallest absolute Gasteiger partial charge is 0.266 e. The van der Waals surface area contributed by atoms with Gasteiger partial charge in [0.25, 0.3) is 5.56 Å². The second kappa shape index (κ2) is 6.82. The van der Waals surface area contributed by atoms with Crippen LogP contribution in [0.5, 0.6) is 0 Å². The highest BCUT2D eigenvalue weighted by molar-refractivity contribution is 9.10. The van der Waals surface area contributed by atoms with Crippen molar-refractivity contribution in [2.75, 3.05) is 0 Å². The van der Waals surface area contributed by atoms with Gasteiger partial charge in [0, 0.05) is 15.7 Å². The molecule has 0 saturated carbocycles. The second-order valence-corrected chi connectivity index (χ2v) is 6.78. The summed E-state index contributed by atoms with van der Waals surface area (Å²) in [6, 6.07) is 16.2. The van der Waals surface area contributed by atoms with E-state index in [0.717, 1.165) is 10.0 Å². The molecule has 1 heterocycles. The molecule has 0 aliphatic heterocycles. The molecule has 6 heteroatoms. The number of aromatic nitrogens is 1. The lowest BCUT2D eigenvalue weighted by molar-refractivity contribution is 1.22. The molecule has 0 bridgehead atoms. The Morgan fingerprint density at radius 1 is 0.958 bits per heavy atom. The number of benzene rings is 2. The number of aromatic amines is 1. The zero-order valence-electron chi connectivity index (χ0n) is 12.1. The molecule has 3 rings (SSSR count). The normalized spacial score (nSPS) is 10.4. The molecule has 0 saturated heterocycles. The Balaban J connectivity index is 2.23. The summed E-state index contributed by atoms with van der Waals surface area (Å²) in [5.41, 5.74) is 2.25. The fraction of sp³-hybridized carbons (Fsp3) is 0. The van der Waals surface area contributed by atoms with Gasteiger partial charge in [-0.3, -0.25) is 4.79 Å². The quantitative estimate of drug-likeness (QED) is 0.583. The van der Waals surface area contributed by atoms with Crippen molar-refractivity contribution in [3.8, 4) is 28.5 Å². The first-order chi connectivity index (χ1) is 11.5. The maximum atomic E-state index is 12.3. The van der Waals surface area contributed by atoms with Crippen molar-refractivity contribution in [2.45, 2.75) is 0 Å². The first kappa shape index (κ1) is 16.8. The van der Waals surface area contributed by atoms with E-state index in [2.05, 4.69) is 20.9 Å². The molecule has 0 amide bonds. The Bertz CT molecular complexity index is 1020. The third kappa shape index (κ3) is 3.25. The van der Waals surface area contributed by atoms with E-state index in [9.17, 15) is 10.1 Å². The summed E-state index contributed by atoms with van der Waals surface area (Å²) in [6.07, 6.45) is 0. The van der Waals surface area contributed by atoms with E-state index in [1.807, 2.05) is 30.3 Å². The molecule has 0 spiro atoms. The van der Waals surface area contributed by atoms with E-state index >= 15 is 0 Å². The molecule has 1 aromatic heterocycles. The van der Waals surface area contributed by atoms with Crippen LogP contribution in [0.1, 0.15) is 5.56 Å². The number of halogens is 3. The average molecular weight is 420 g/mol. The summed E-state index contributed by atoms with van der Waals surface area (Å²) >= 11 is 15.4. The van der Waals surface area contributed by atoms with Gasteiger partial charge in [0.05, 0.1) is 10.0 Å². The standard InChI is InChI=1S/C18H9BrCl2N2O/c19-12-4-1-10(2-5-12)13-8-17(23-18(24)14(13)9-22)11-3-6-15(20)16(21)7-11/h1-8H,(H,23,24). The van der Waals surface area contributed by atoms with Crippen molar-refractivity contribution in [2.24, 2.45) is 0 Å². The molecule has 0 aliphatic rings. The van der Waals surface area contributed by atoms with Crippen LogP contribution in [-0.4, -0.2) is 4.98 Å². The lowest BCUT2D eigenvalue weighted by Gasteiger charge is -2.09. The summed E-state index contributed by atoms with van der Waals surface area (Å²) in [4.78, 5) is 15.0. The van der Waals surface area contributed by atoms with E-state index in [1.165, 1.54) is 0 Å². The number of hydrogen-bond acceptors (Lipinski definition) is 2. The molecule has 0 fully saturated rings. The predicted octanol–water partition coefficient (Wildman–Crippen LogP) is 5.65. The van der Waals surface area contributed by atoms with Crippen LogP contribution < -0.4 is 5.56 Å². The first-order valence-electron chi connectivity index (χ1n) is 6.88. The number of hydrogen-bond donors (Lipinski definition) is 1. The summed E-state index contributed by atoms with van der Waals surface area (Å²) in [5, 5.41) is 10.2. The molecule has 0 atom stereocenters. The van der Waals surface area contributed by atoms with E-state index in [1.54, 1.807) is 24.3 Å². The molecule has 0 unspecified atom stereocenters. The molecule has 0 aliphatic carbocycles. The summed E-state index contributed by atoms with van der Waals surface area (Å²) < 4.78 is 0.916. The number of nitrogens with one attached hydrogen (secondary N) is 1. The minimum atomic E-state index is -0.445. The Hall–Kier alpha value is -2.06. The van der Waals surface area contributed by atoms with Gasteiger partial charge < -0.3 is 4.98 Å². The SMILES string of the molecule is N#Cc1c(-c2ccc(Br)cc2)cc(-c2ccc(Cl)c(Cl)c2)[nH]c1=O. The summed E-state index contributed by atoms with van der Waals surface area (Å²) in [6.45, 7) is 0. The van der Waals surface area contributed by atoms with Gasteiger partial charge in [-0.15, -0.1) is 0 Å². The summed E-state index contributed by atoms with van der Waals surface area (Å²) in [5.74, 6) is 0. The van der Waals surface area contributed by atoms with E-state index in [0.29, 0.717) is 26.9 Å². The Kier molecular flexibility index (Phi) is 4.77. The van der Waals surface area contributed by atoms with Crippen molar-refractivity contribution in [1.82, 2.24) is 4.98 Å². The van der Waals surface area contributed by atoms with Gasteiger partial charge in [0.2, 0.25) is 0 Å². The van der Waals surface area contributed by atoms with Crippen molar-refractivity contribution in [1.29, 1.82) is 5.26 Å². The number of H-pyrrole nitrogens is 1. The highest BCUT2D eigenvalue weighted by atomic mass is 79.9. The van der Waals surface area contributed by atoms with Crippen LogP contribution in [-0.2, 0) is 0 Å². The average Bonchev–Trinajstić information content (AvgIpc) is 2.57. The van der Waals surface area contributed by atoms with Crippen molar-refractivity contribution in [3.05, 3.63) is 79.0 Å². The highest BCUT2D eigenvalue weighted by Crippen LogP contribution is 2.30. The van der Waals surface area contributed by atoms with Gasteiger partial charge in [-0.25, -0.2) is 0 Å². The van der Waals surface area contributed by atoms with Crippen molar-refractivity contribution >= 4 is 39.1 Å². The van der Waals surface area contributed by atoms with Crippen LogP contribution in [0.15, 0.2) is 57.8 Å². The Morgan fingerprint density at radius 2 is 1.62 bits per heavy atom. The van der Waals surface area contributed by atoms with Gasteiger partial charge in [0.15, 0.2) is 0 Å². The fourth-order valence-corrected chi connectivity index (χ4v) is 2.91. The van der Waals surface area contributed by atoms with E-state index in [4.69, 9.17) is 23.2 Å². The molecular formula is C18H9BrCl2N2O. The van der Waals surface area contributed by atoms with Crippen LogP contribution in [0.4, 0.5) is 0 Å². The van der Waals surface area contributed by atoms with Crippen molar-refractivity contribution < 1.29 is 0 Å². The number of nitrogens with zero attached hydrogens (tertiary/aromatic N) is 1. The maximum Gasteiger partial charge on any atom is 0.266 e. The largest absolute Gasteiger partial charge is 0.321 e. The van der Waals surface area contributed by atoms with Crippen LogP contribution in [0.2, 0.25) is 10.0 Å². The fourth-order valence-electron chi connectivity index (χ4n) is 2.35. The summed E-state index contributed by atoms with van der Waals surface area (Å²) in [7, 11) is 0. The molecule has 3 aromatic rings. The molecular weight excluding hydrogens is 411 g/mol. The maximum absolute atomic E-state index is 12.3.